The number of carbonyl (C=O) groups is 2. The summed E-state index contributed by atoms with van der Waals surface area (Å²) in [6.07, 6.45) is 0.540. The van der Waals surface area contributed by atoms with E-state index in [0.29, 0.717) is 26.1 Å². The maximum atomic E-state index is 14.3. The van der Waals surface area contributed by atoms with Crippen molar-refractivity contribution >= 4 is 23.4 Å². The summed E-state index contributed by atoms with van der Waals surface area (Å²) >= 11 is 6.09. The molecule has 3 aromatic carbocycles. The molecule has 0 aliphatic carbocycles. The van der Waals surface area contributed by atoms with Crippen molar-refractivity contribution in [2.24, 2.45) is 11.8 Å². The predicted octanol–water partition coefficient (Wildman–Crippen LogP) is 5.32. The van der Waals surface area contributed by atoms with Crippen LogP contribution in [0.4, 0.5) is 13.2 Å². The zero-order valence-electron chi connectivity index (χ0n) is 20.5. The summed E-state index contributed by atoms with van der Waals surface area (Å²) in [7, 11) is 0. The Labute approximate surface area is 224 Å². The Hall–Kier alpha value is -3.36. The SMILES string of the molecule is O=C(NC(CCN1CC2CN(C(=O)c3c(F)cccc3Cl)CC2C1)c1ccccc1)c1c(F)cccc1F. The Bertz CT molecular complexity index is 1290. The summed E-state index contributed by atoms with van der Waals surface area (Å²) in [5.74, 6) is -3.11. The maximum absolute atomic E-state index is 14.3. The van der Waals surface area contributed by atoms with Crippen molar-refractivity contribution in [3.8, 4) is 0 Å². The van der Waals surface area contributed by atoms with E-state index in [1.54, 1.807) is 4.90 Å². The van der Waals surface area contributed by atoms with Gasteiger partial charge in [0.15, 0.2) is 0 Å². The molecule has 198 valence electrons. The monoisotopic (exact) mass is 541 g/mol. The predicted molar refractivity (Wildman–Crippen MR) is 138 cm³/mol. The number of hydrogen-bond donors (Lipinski definition) is 1. The fraction of sp³-hybridized carbons (Fsp3) is 0.310. The van der Waals surface area contributed by atoms with Crippen LogP contribution in [0.5, 0.6) is 0 Å². The molecule has 0 spiro atoms. The highest BCUT2D eigenvalue weighted by Gasteiger charge is 2.42. The second-order valence-corrected chi connectivity index (χ2v) is 10.3. The van der Waals surface area contributed by atoms with E-state index in [0.717, 1.165) is 30.8 Å². The summed E-state index contributed by atoms with van der Waals surface area (Å²) in [4.78, 5) is 29.7. The Morgan fingerprint density at radius 1 is 0.816 bits per heavy atom. The van der Waals surface area contributed by atoms with E-state index in [1.807, 2.05) is 30.3 Å². The van der Waals surface area contributed by atoms with Gasteiger partial charge in [-0.25, -0.2) is 13.2 Å². The van der Waals surface area contributed by atoms with Crippen LogP contribution in [0, 0.1) is 29.3 Å². The molecule has 5 rings (SSSR count). The molecule has 3 atom stereocenters. The Kier molecular flexibility index (Phi) is 7.72. The normalized spacial score (nSPS) is 19.8. The summed E-state index contributed by atoms with van der Waals surface area (Å²) in [5.41, 5.74) is 0.165. The van der Waals surface area contributed by atoms with Gasteiger partial charge in [-0.2, -0.15) is 0 Å². The molecule has 0 radical (unpaired) electrons. The minimum atomic E-state index is -0.905. The molecule has 2 heterocycles. The lowest BCUT2D eigenvalue weighted by Gasteiger charge is -2.25. The molecule has 0 bridgehead atoms. The van der Waals surface area contributed by atoms with Crippen molar-refractivity contribution in [1.82, 2.24) is 15.1 Å². The molecule has 9 heteroatoms. The van der Waals surface area contributed by atoms with Crippen molar-refractivity contribution in [3.63, 3.8) is 0 Å². The van der Waals surface area contributed by atoms with Gasteiger partial charge in [0.1, 0.15) is 23.0 Å². The van der Waals surface area contributed by atoms with Crippen molar-refractivity contribution in [2.75, 3.05) is 32.7 Å². The highest BCUT2D eigenvalue weighted by Crippen LogP contribution is 2.34. The van der Waals surface area contributed by atoms with Gasteiger partial charge in [0.2, 0.25) is 0 Å². The first-order valence-electron chi connectivity index (χ1n) is 12.6. The lowest BCUT2D eigenvalue weighted by Crippen LogP contribution is -2.36. The fourth-order valence-corrected chi connectivity index (χ4v) is 5.81. The highest BCUT2D eigenvalue weighted by atomic mass is 35.5. The fourth-order valence-electron chi connectivity index (χ4n) is 5.56. The zero-order valence-corrected chi connectivity index (χ0v) is 21.3. The topological polar surface area (TPSA) is 52.7 Å². The lowest BCUT2D eigenvalue weighted by atomic mass is 10.0. The third-order valence-electron chi connectivity index (χ3n) is 7.46. The first-order chi connectivity index (χ1) is 18.3. The molecule has 2 fully saturated rings. The van der Waals surface area contributed by atoms with Crippen LogP contribution >= 0.6 is 11.6 Å². The van der Waals surface area contributed by atoms with Gasteiger partial charge in [-0.3, -0.25) is 9.59 Å². The van der Waals surface area contributed by atoms with Crippen LogP contribution in [0.2, 0.25) is 5.02 Å². The van der Waals surface area contributed by atoms with E-state index in [2.05, 4.69) is 10.2 Å². The molecule has 5 nitrogen and oxygen atoms in total. The molecule has 1 N–H and O–H groups in total. The van der Waals surface area contributed by atoms with Crippen LogP contribution in [0.1, 0.15) is 38.7 Å². The summed E-state index contributed by atoms with van der Waals surface area (Å²) < 4.78 is 42.6. The second kappa shape index (κ2) is 11.2. The smallest absolute Gasteiger partial charge is 0.258 e. The van der Waals surface area contributed by atoms with Gasteiger partial charge in [0.25, 0.3) is 11.8 Å². The Morgan fingerprint density at radius 2 is 1.39 bits per heavy atom. The van der Waals surface area contributed by atoms with E-state index < -0.39 is 35.0 Å². The number of carbonyl (C=O) groups excluding carboxylic acids is 2. The molecule has 3 aromatic rings. The second-order valence-electron chi connectivity index (χ2n) is 9.91. The number of halogens is 4. The number of fused-ring (bicyclic) bond motifs is 1. The molecular formula is C29H27ClF3N3O2. The quantitative estimate of drug-likeness (QED) is 0.440. The zero-order chi connectivity index (χ0) is 26.8. The Morgan fingerprint density at radius 3 is 2.00 bits per heavy atom. The molecule has 2 aliphatic heterocycles. The summed E-state index contributed by atoms with van der Waals surface area (Å²) in [6, 6.07) is 16.4. The highest BCUT2D eigenvalue weighted by molar-refractivity contribution is 6.33. The van der Waals surface area contributed by atoms with E-state index in [4.69, 9.17) is 11.6 Å². The van der Waals surface area contributed by atoms with Gasteiger partial charge in [0.05, 0.1) is 16.6 Å². The van der Waals surface area contributed by atoms with Crippen LogP contribution in [-0.2, 0) is 0 Å². The summed E-state index contributed by atoms with van der Waals surface area (Å²) in [6.45, 7) is 3.22. The van der Waals surface area contributed by atoms with Crippen molar-refractivity contribution < 1.29 is 22.8 Å². The molecule has 38 heavy (non-hydrogen) atoms. The van der Waals surface area contributed by atoms with Gasteiger partial charge in [0, 0.05) is 32.7 Å². The largest absolute Gasteiger partial charge is 0.345 e. The van der Waals surface area contributed by atoms with Crippen molar-refractivity contribution in [2.45, 2.75) is 12.5 Å². The number of nitrogens with one attached hydrogen (secondary N) is 1. The van der Waals surface area contributed by atoms with Gasteiger partial charge in [-0.05, 0) is 48.1 Å². The van der Waals surface area contributed by atoms with Crippen LogP contribution in [0.15, 0.2) is 66.7 Å². The van der Waals surface area contributed by atoms with Gasteiger partial charge >= 0.3 is 0 Å². The standard InChI is InChI=1S/C29H27ClF3N3O2/c30-21-8-4-9-22(31)26(21)29(38)36-16-19-14-35(15-20(19)17-36)13-12-25(18-6-2-1-3-7-18)34-28(37)27-23(32)10-5-11-24(27)33/h1-11,19-20,25H,12-17H2,(H,34,37). The van der Waals surface area contributed by atoms with Crippen molar-refractivity contribution in [1.29, 1.82) is 0 Å². The molecule has 2 aliphatic rings. The first-order valence-corrected chi connectivity index (χ1v) is 12.9. The number of nitrogens with zero attached hydrogens (tertiary/aromatic N) is 2. The van der Waals surface area contributed by atoms with Crippen LogP contribution in [0.25, 0.3) is 0 Å². The third kappa shape index (κ3) is 5.42. The van der Waals surface area contributed by atoms with Crippen LogP contribution in [-0.4, -0.2) is 54.3 Å². The average Bonchev–Trinajstić information content (AvgIpc) is 3.46. The molecule has 0 saturated carbocycles. The molecule has 2 amide bonds. The number of rotatable bonds is 7. The van der Waals surface area contributed by atoms with E-state index in [9.17, 15) is 22.8 Å². The van der Waals surface area contributed by atoms with Gasteiger partial charge in [-0.1, -0.05) is 54.1 Å². The Balaban J connectivity index is 1.21. The van der Waals surface area contributed by atoms with Crippen LogP contribution < -0.4 is 5.32 Å². The molecule has 3 unspecified atom stereocenters. The maximum Gasteiger partial charge on any atom is 0.258 e. The molecule has 2 saturated heterocycles. The minimum Gasteiger partial charge on any atom is -0.345 e. The van der Waals surface area contributed by atoms with Crippen molar-refractivity contribution in [3.05, 3.63) is 106 Å². The number of likely N-dealkylation sites (tertiary alicyclic amines) is 2. The van der Waals surface area contributed by atoms with Gasteiger partial charge in [-0.15, -0.1) is 0 Å². The first kappa shape index (κ1) is 26.3. The number of hydrogen-bond acceptors (Lipinski definition) is 3. The van der Waals surface area contributed by atoms with E-state index in [1.165, 1.54) is 24.3 Å². The van der Waals surface area contributed by atoms with Gasteiger partial charge < -0.3 is 15.1 Å². The average molecular weight is 542 g/mol. The molecule has 0 aromatic heterocycles. The third-order valence-corrected chi connectivity index (χ3v) is 7.77. The number of amides is 2. The van der Waals surface area contributed by atoms with E-state index >= 15 is 0 Å². The number of benzene rings is 3. The van der Waals surface area contributed by atoms with E-state index in [-0.39, 0.29) is 28.3 Å². The minimum absolute atomic E-state index is 0.0845. The lowest BCUT2D eigenvalue weighted by molar-refractivity contribution is 0.0769. The summed E-state index contributed by atoms with van der Waals surface area (Å²) in [5, 5.41) is 2.92. The van der Waals surface area contributed by atoms with Crippen LogP contribution in [0.3, 0.4) is 0 Å². The molecular weight excluding hydrogens is 515 g/mol.